The summed E-state index contributed by atoms with van der Waals surface area (Å²) in [5, 5.41) is 6.13. The van der Waals surface area contributed by atoms with Crippen LogP contribution >= 0.6 is 11.6 Å². The lowest BCUT2D eigenvalue weighted by Crippen LogP contribution is -2.54. The van der Waals surface area contributed by atoms with Crippen molar-refractivity contribution in [1.29, 1.82) is 0 Å². The molecule has 1 atom stereocenters. The van der Waals surface area contributed by atoms with Gasteiger partial charge in [0.15, 0.2) is 0 Å². The minimum Gasteiger partial charge on any atom is -0.496 e. The van der Waals surface area contributed by atoms with E-state index in [-0.39, 0.29) is 41.7 Å². The molecule has 0 aliphatic carbocycles. The van der Waals surface area contributed by atoms with Crippen LogP contribution in [0.5, 0.6) is 5.75 Å². The number of hydrogen-bond acceptors (Lipinski definition) is 14. The minimum absolute atomic E-state index is 0.0563. The van der Waals surface area contributed by atoms with Crippen LogP contribution in [-0.2, 0) is 35.1 Å². The van der Waals surface area contributed by atoms with Gasteiger partial charge in [0.25, 0.3) is 11.8 Å². The number of nitrogens with zero attached hydrogens (tertiary/aromatic N) is 5. The third-order valence-corrected chi connectivity index (χ3v) is 9.58. The molecular formula is C39H43ClN8O9. The van der Waals surface area contributed by atoms with Crippen molar-refractivity contribution in [2.75, 3.05) is 77.6 Å². The summed E-state index contributed by atoms with van der Waals surface area (Å²) in [7, 11) is 1.64. The summed E-state index contributed by atoms with van der Waals surface area (Å²) in [5.41, 5.74) is 10.7. The number of rotatable bonds is 18. The number of nitrogen functional groups attached to an aromatic ring is 1. The number of halogens is 1. The number of carbonyl (C=O) groups excluding carboxylic acids is 4. The van der Waals surface area contributed by atoms with Crippen LogP contribution in [0.1, 0.15) is 55.9 Å². The zero-order valence-corrected chi connectivity index (χ0v) is 32.6. The maximum Gasteiger partial charge on any atom is 0.264 e. The van der Waals surface area contributed by atoms with Crippen LogP contribution < -0.4 is 21.1 Å². The highest BCUT2D eigenvalue weighted by Crippen LogP contribution is 2.33. The molecule has 0 spiro atoms. The van der Waals surface area contributed by atoms with E-state index >= 15 is 0 Å². The Hall–Kier alpha value is -5.64. The number of benzene rings is 1. The molecule has 2 aliphatic rings. The Labute approximate surface area is 333 Å². The molecule has 1 aromatic carbocycles. The van der Waals surface area contributed by atoms with Crippen molar-refractivity contribution in [2.24, 2.45) is 0 Å². The number of amides is 4. The lowest BCUT2D eigenvalue weighted by atomic mass is 10.0. The summed E-state index contributed by atoms with van der Waals surface area (Å²) in [5.74, 6) is 4.76. The zero-order chi connectivity index (χ0) is 40.5. The Morgan fingerprint density at radius 1 is 0.982 bits per heavy atom. The number of carbonyl (C=O) groups is 4. The smallest absolute Gasteiger partial charge is 0.264 e. The number of ether oxygens (including phenoxy) is 5. The van der Waals surface area contributed by atoms with E-state index in [0.29, 0.717) is 81.6 Å². The molecule has 4 N–H and O–H groups in total. The number of piperidine rings is 1. The number of nitrogens with one attached hydrogen (secondary N) is 2. The van der Waals surface area contributed by atoms with Crippen molar-refractivity contribution in [3.8, 4) is 17.6 Å². The first kappa shape index (κ1) is 41.0. The van der Waals surface area contributed by atoms with E-state index in [1.165, 1.54) is 0 Å². The molecular weight excluding hydrogens is 760 g/mol. The van der Waals surface area contributed by atoms with Crippen molar-refractivity contribution in [3.05, 3.63) is 69.3 Å². The highest BCUT2D eigenvalue weighted by Gasteiger charge is 2.45. The monoisotopic (exact) mass is 802 g/mol. The number of nitrogens with two attached hydrogens (primary N) is 1. The second-order valence-corrected chi connectivity index (χ2v) is 13.4. The van der Waals surface area contributed by atoms with Crippen molar-refractivity contribution in [1.82, 2.24) is 29.7 Å². The van der Waals surface area contributed by atoms with Gasteiger partial charge in [-0.1, -0.05) is 29.5 Å². The first-order valence-electron chi connectivity index (χ1n) is 18.3. The van der Waals surface area contributed by atoms with Gasteiger partial charge in [-0.3, -0.25) is 34.4 Å². The molecule has 3 aromatic heterocycles. The highest BCUT2D eigenvalue weighted by atomic mass is 35.5. The van der Waals surface area contributed by atoms with E-state index in [4.69, 9.17) is 41.0 Å². The van der Waals surface area contributed by atoms with Gasteiger partial charge in [0.1, 0.15) is 29.2 Å². The van der Waals surface area contributed by atoms with E-state index in [0.717, 1.165) is 27.5 Å². The molecule has 2 aliphatic heterocycles. The average Bonchev–Trinajstić information content (AvgIpc) is 3.65. The standard InChI is InChI=1S/C39H43ClN8O9/c1-23-20-43-28(24(2)33(23)53-3)22-47-21-25(31-34(40)45-39(41)46-35(31)47)6-5-12-54-14-16-56-18-19-57-17-15-55-13-11-42-27-8-4-7-26-32(27)38(52)48(37(26)51)29-9-10-30(49)44-36(29)50/h4,7-8,20-21,29,42H,9-19,22H2,1-3H3,(H2,41,45,46)(H,44,49,50). The summed E-state index contributed by atoms with van der Waals surface area (Å²) >= 11 is 6.48. The second-order valence-electron chi connectivity index (χ2n) is 13.1. The third-order valence-electron chi connectivity index (χ3n) is 9.30. The van der Waals surface area contributed by atoms with Gasteiger partial charge < -0.3 is 39.3 Å². The van der Waals surface area contributed by atoms with Gasteiger partial charge in [0.05, 0.1) is 87.7 Å². The fourth-order valence-electron chi connectivity index (χ4n) is 6.60. The summed E-state index contributed by atoms with van der Waals surface area (Å²) in [4.78, 5) is 64.2. The van der Waals surface area contributed by atoms with Crippen LogP contribution in [0.25, 0.3) is 11.0 Å². The molecule has 6 rings (SSSR count). The topological polar surface area (TPSA) is 211 Å². The Morgan fingerprint density at radius 2 is 1.70 bits per heavy atom. The van der Waals surface area contributed by atoms with Gasteiger partial charge in [0, 0.05) is 42.2 Å². The number of methoxy groups -OCH3 is 1. The number of fused-ring (bicyclic) bond motifs is 2. The van der Waals surface area contributed by atoms with Crippen LogP contribution in [0, 0.1) is 25.7 Å². The van der Waals surface area contributed by atoms with Crippen LogP contribution in [0.3, 0.4) is 0 Å². The lowest BCUT2D eigenvalue weighted by Gasteiger charge is -2.27. The zero-order valence-electron chi connectivity index (χ0n) is 31.8. The summed E-state index contributed by atoms with van der Waals surface area (Å²) < 4.78 is 29.8. The van der Waals surface area contributed by atoms with E-state index in [1.807, 2.05) is 24.6 Å². The Bertz CT molecular complexity index is 2230. The molecule has 1 fully saturated rings. The number of pyridine rings is 1. The molecule has 5 heterocycles. The van der Waals surface area contributed by atoms with Crippen LogP contribution in [0.2, 0.25) is 5.15 Å². The molecule has 1 saturated heterocycles. The van der Waals surface area contributed by atoms with Gasteiger partial charge >= 0.3 is 0 Å². The SMILES string of the molecule is COc1c(C)cnc(Cn2cc(C#CCOCCOCCOCCOCCNc3cccc4c3C(=O)N(C3CCC(=O)NC3=O)C4=O)c3c(Cl)nc(N)nc32)c1C. The molecule has 300 valence electrons. The molecule has 4 amide bonds. The summed E-state index contributed by atoms with van der Waals surface area (Å²) in [6.45, 7) is 7.32. The Balaban J connectivity index is 0.848. The van der Waals surface area contributed by atoms with E-state index in [1.54, 1.807) is 31.5 Å². The van der Waals surface area contributed by atoms with Gasteiger partial charge in [0.2, 0.25) is 17.8 Å². The number of aromatic nitrogens is 4. The van der Waals surface area contributed by atoms with Crippen LogP contribution in [-0.4, -0.2) is 121 Å². The molecule has 0 radical (unpaired) electrons. The quantitative estimate of drug-likeness (QED) is 0.0572. The minimum atomic E-state index is -1.02. The van der Waals surface area contributed by atoms with E-state index < -0.39 is 29.7 Å². The third kappa shape index (κ3) is 9.50. The van der Waals surface area contributed by atoms with Crippen molar-refractivity contribution >= 4 is 57.9 Å². The molecule has 0 bridgehead atoms. The van der Waals surface area contributed by atoms with E-state index in [2.05, 4.69) is 37.4 Å². The van der Waals surface area contributed by atoms with Gasteiger partial charge in [-0.2, -0.15) is 4.98 Å². The molecule has 1 unspecified atom stereocenters. The van der Waals surface area contributed by atoms with Crippen molar-refractivity contribution in [2.45, 2.75) is 39.3 Å². The maximum absolute atomic E-state index is 13.2. The van der Waals surface area contributed by atoms with Gasteiger partial charge in [-0.25, -0.2) is 4.98 Å². The maximum atomic E-state index is 13.2. The van der Waals surface area contributed by atoms with E-state index in [9.17, 15) is 19.2 Å². The lowest BCUT2D eigenvalue weighted by molar-refractivity contribution is -0.136. The molecule has 0 saturated carbocycles. The number of imide groups is 2. The molecule has 57 heavy (non-hydrogen) atoms. The highest BCUT2D eigenvalue weighted by molar-refractivity contribution is 6.34. The first-order chi connectivity index (χ1) is 27.6. The largest absolute Gasteiger partial charge is 0.496 e. The normalized spacial score (nSPS) is 15.2. The summed E-state index contributed by atoms with van der Waals surface area (Å²) in [6.07, 6.45) is 3.77. The first-order valence-corrected chi connectivity index (χ1v) is 18.7. The van der Waals surface area contributed by atoms with Crippen molar-refractivity contribution < 1.29 is 42.9 Å². The molecule has 17 nitrogen and oxygen atoms in total. The van der Waals surface area contributed by atoms with Crippen molar-refractivity contribution in [3.63, 3.8) is 0 Å². The Kier molecular flexibility index (Phi) is 13.7. The number of hydrogen-bond donors (Lipinski definition) is 3. The fourth-order valence-corrected chi connectivity index (χ4v) is 6.87. The Morgan fingerprint density at radius 3 is 2.42 bits per heavy atom. The fraction of sp³-hybridized carbons (Fsp3) is 0.410. The predicted molar refractivity (Wildman–Crippen MR) is 208 cm³/mol. The molecule has 4 aromatic rings. The average molecular weight is 803 g/mol. The molecule has 18 heteroatoms. The predicted octanol–water partition coefficient (Wildman–Crippen LogP) is 2.67. The number of anilines is 2. The van der Waals surface area contributed by atoms with Gasteiger partial charge in [-0.15, -0.1) is 0 Å². The number of aryl methyl sites for hydroxylation is 1. The van der Waals surface area contributed by atoms with Gasteiger partial charge in [-0.05, 0) is 32.4 Å². The second kappa shape index (κ2) is 19.0. The van der Waals surface area contributed by atoms with Crippen LogP contribution in [0.4, 0.5) is 11.6 Å². The van der Waals surface area contributed by atoms with Crippen LogP contribution in [0.15, 0.2) is 30.6 Å². The summed E-state index contributed by atoms with van der Waals surface area (Å²) in [6, 6.07) is 3.87.